The minimum absolute atomic E-state index is 0.467. The summed E-state index contributed by atoms with van der Waals surface area (Å²) in [6.45, 7) is 1.69. The molecule has 0 N–H and O–H groups in total. The molecule has 0 saturated heterocycles. The summed E-state index contributed by atoms with van der Waals surface area (Å²) in [6, 6.07) is 8.09. The van der Waals surface area contributed by atoms with E-state index in [-0.39, 0.29) is 0 Å². The minimum atomic E-state index is 0.467. The van der Waals surface area contributed by atoms with Crippen molar-refractivity contribution in [3.8, 4) is 5.88 Å². The number of aromatic nitrogens is 1. The van der Waals surface area contributed by atoms with Crippen LogP contribution < -0.4 is 4.74 Å². The monoisotopic (exact) mass is 278 g/mol. The van der Waals surface area contributed by atoms with E-state index >= 15 is 0 Å². The maximum absolute atomic E-state index is 5.93. The van der Waals surface area contributed by atoms with Crippen molar-refractivity contribution >= 4 is 22.4 Å². The van der Waals surface area contributed by atoms with Gasteiger partial charge in [-0.25, -0.2) is 4.98 Å². The molecule has 0 aliphatic heterocycles. The highest BCUT2D eigenvalue weighted by molar-refractivity contribution is 6.18. The largest absolute Gasteiger partial charge is 0.477 e. The van der Waals surface area contributed by atoms with Crippen LogP contribution in [0.2, 0.25) is 0 Å². The molecule has 19 heavy (non-hydrogen) atoms. The van der Waals surface area contributed by atoms with E-state index < -0.39 is 0 Å². The van der Waals surface area contributed by atoms with Gasteiger partial charge in [0.2, 0.25) is 5.88 Å². The van der Waals surface area contributed by atoms with Crippen LogP contribution in [-0.2, 0) is 5.88 Å². The van der Waals surface area contributed by atoms with Crippen molar-refractivity contribution < 1.29 is 4.74 Å². The summed E-state index contributed by atoms with van der Waals surface area (Å²) in [6.07, 6.45) is 2.79. The maximum Gasteiger partial charge on any atom is 0.221 e. The number of nitrogens with zero attached hydrogens (tertiary/aromatic N) is 2. The van der Waals surface area contributed by atoms with Crippen LogP contribution in [0.5, 0.6) is 5.88 Å². The minimum Gasteiger partial charge on any atom is -0.477 e. The van der Waals surface area contributed by atoms with Gasteiger partial charge < -0.3 is 9.64 Å². The normalized spacial score (nSPS) is 11.2. The van der Waals surface area contributed by atoms with Crippen LogP contribution in [0.4, 0.5) is 0 Å². The summed E-state index contributed by atoms with van der Waals surface area (Å²) >= 11 is 5.93. The summed E-state index contributed by atoms with van der Waals surface area (Å²) in [4.78, 5) is 6.52. The third kappa shape index (κ3) is 3.58. The van der Waals surface area contributed by atoms with Crippen molar-refractivity contribution in [1.29, 1.82) is 0 Å². The lowest BCUT2D eigenvalue weighted by Gasteiger charge is -2.12. The van der Waals surface area contributed by atoms with E-state index in [0.29, 0.717) is 18.4 Å². The molecule has 0 atom stereocenters. The highest BCUT2D eigenvalue weighted by atomic mass is 35.5. The quantitative estimate of drug-likeness (QED) is 0.599. The van der Waals surface area contributed by atoms with Gasteiger partial charge in [0.25, 0.3) is 0 Å². The van der Waals surface area contributed by atoms with Gasteiger partial charge in [0, 0.05) is 24.0 Å². The van der Waals surface area contributed by atoms with Crippen molar-refractivity contribution in [2.45, 2.75) is 12.3 Å². The molecule has 1 aromatic heterocycles. The smallest absolute Gasteiger partial charge is 0.221 e. The number of alkyl halides is 1. The second-order valence-electron chi connectivity index (χ2n) is 4.77. The average molecular weight is 279 g/mol. The molecule has 2 aromatic rings. The van der Waals surface area contributed by atoms with E-state index in [2.05, 4.69) is 30.0 Å². The third-order valence-electron chi connectivity index (χ3n) is 2.97. The number of fused-ring (bicyclic) bond motifs is 1. The Balaban J connectivity index is 2.15. The molecule has 0 amide bonds. The number of hydrogen-bond donors (Lipinski definition) is 0. The summed E-state index contributed by atoms with van der Waals surface area (Å²) in [7, 11) is 4.12. The molecule has 0 aliphatic carbocycles. The lowest BCUT2D eigenvalue weighted by Crippen LogP contribution is -2.15. The Kier molecular flexibility index (Phi) is 5.00. The van der Waals surface area contributed by atoms with E-state index in [9.17, 15) is 0 Å². The van der Waals surface area contributed by atoms with E-state index in [4.69, 9.17) is 16.3 Å². The molecule has 3 nitrogen and oxygen atoms in total. The van der Waals surface area contributed by atoms with Gasteiger partial charge in [-0.2, -0.15) is 0 Å². The summed E-state index contributed by atoms with van der Waals surface area (Å²) < 4.78 is 5.79. The second-order valence-corrected chi connectivity index (χ2v) is 5.04. The Hall–Kier alpha value is -1.32. The Labute approximate surface area is 119 Å². The van der Waals surface area contributed by atoms with Crippen molar-refractivity contribution in [2.24, 2.45) is 0 Å². The fourth-order valence-electron chi connectivity index (χ4n) is 2.00. The van der Waals surface area contributed by atoms with Crippen LogP contribution >= 0.6 is 11.6 Å². The highest BCUT2D eigenvalue weighted by Crippen LogP contribution is 2.26. The fourth-order valence-corrected chi connectivity index (χ4v) is 2.21. The Morgan fingerprint density at radius 2 is 1.95 bits per heavy atom. The number of pyridine rings is 1. The predicted octanol–water partition coefficient (Wildman–Crippen LogP) is 3.30. The predicted molar refractivity (Wildman–Crippen MR) is 80.0 cm³/mol. The molecule has 1 heterocycles. The topological polar surface area (TPSA) is 25.4 Å². The van der Waals surface area contributed by atoms with Gasteiger partial charge in [0.15, 0.2) is 0 Å². The van der Waals surface area contributed by atoms with E-state index in [1.807, 2.05) is 18.2 Å². The molecule has 4 heteroatoms. The molecule has 0 radical (unpaired) electrons. The Morgan fingerprint density at radius 3 is 2.63 bits per heavy atom. The van der Waals surface area contributed by atoms with Gasteiger partial charge >= 0.3 is 0 Å². The molecule has 0 unspecified atom stereocenters. The van der Waals surface area contributed by atoms with Crippen molar-refractivity contribution in [3.63, 3.8) is 0 Å². The van der Waals surface area contributed by atoms with Crippen LogP contribution in [0.1, 0.15) is 12.0 Å². The zero-order valence-electron chi connectivity index (χ0n) is 11.4. The average Bonchev–Trinajstić information content (AvgIpc) is 2.43. The SMILES string of the molecule is CN(C)CCCOc1ncc(CCl)c2ccccc12. The maximum atomic E-state index is 5.93. The van der Waals surface area contributed by atoms with Crippen molar-refractivity contribution in [2.75, 3.05) is 27.2 Å². The number of benzene rings is 1. The molecule has 0 fully saturated rings. The standard InChI is InChI=1S/C15H19ClN2O/c1-18(2)8-5-9-19-15-14-7-4-3-6-13(14)12(10-16)11-17-15/h3-4,6-7,11H,5,8-10H2,1-2H3. The Bertz CT molecular complexity index is 543. The Morgan fingerprint density at radius 1 is 1.21 bits per heavy atom. The molecule has 1 aromatic carbocycles. The van der Waals surface area contributed by atoms with Gasteiger partial charge in [0.05, 0.1) is 6.61 Å². The number of halogens is 1. The molecule has 102 valence electrons. The fraction of sp³-hybridized carbons (Fsp3) is 0.400. The summed E-state index contributed by atoms with van der Waals surface area (Å²) in [5.41, 5.74) is 1.04. The second kappa shape index (κ2) is 6.73. The molecule has 0 saturated carbocycles. The lowest BCUT2D eigenvalue weighted by atomic mass is 10.1. The molecule has 0 bridgehead atoms. The van der Waals surface area contributed by atoms with Crippen LogP contribution in [0.3, 0.4) is 0 Å². The van der Waals surface area contributed by atoms with Crippen molar-refractivity contribution in [1.82, 2.24) is 9.88 Å². The molecule has 2 rings (SSSR count). The van der Waals surface area contributed by atoms with Gasteiger partial charge in [-0.15, -0.1) is 11.6 Å². The number of hydrogen-bond acceptors (Lipinski definition) is 3. The van der Waals surface area contributed by atoms with E-state index in [1.54, 1.807) is 6.20 Å². The first-order valence-electron chi connectivity index (χ1n) is 6.42. The zero-order chi connectivity index (χ0) is 13.7. The van der Waals surface area contributed by atoms with E-state index in [1.165, 1.54) is 0 Å². The van der Waals surface area contributed by atoms with Crippen LogP contribution in [0.25, 0.3) is 10.8 Å². The first-order chi connectivity index (χ1) is 9.22. The number of ether oxygens (including phenoxy) is 1. The lowest BCUT2D eigenvalue weighted by molar-refractivity contribution is 0.276. The summed E-state index contributed by atoms with van der Waals surface area (Å²) in [5, 5.41) is 2.15. The van der Waals surface area contributed by atoms with Crippen LogP contribution in [-0.4, -0.2) is 37.1 Å². The van der Waals surface area contributed by atoms with E-state index in [0.717, 1.165) is 29.3 Å². The first kappa shape index (κ1) is 14.1. The molecule has 0 aliphatic rings. The first-order valence-corrected chi connectivity index (χ1v) is 6.96. The van der Waals surface area contributed by atoms with Gasteiger partial charge in [-0.1, -0.05) is 18.2 Å². The highest BCUT2D eigenvalue weighted by Gasteiger charge is 2.07. The van der Waals surface area contributed by atoms with Gasteiger partial charge in [0.1, 0.15) is 0 Å². The molecular weight excluding hydrogens is 260 g/mol. The zero-order valence-corrected chi connectivity index (χ0v) is 12.2. The molecule has 0 spiro atoms. The van der Waals surface area contributed by atoms with Gasteiger partial charge in [-0.3, -0.25) is 0 Å². The van der Waals surface area contributed by atoms with Crippen LogP contribution in [0, 0.1) is 0 Å². The molecular formula is C15H19ClN2O. The number of rotatable bonds is 6. The van der Waals surface area contributed by atoms with Crippen LogP contribution in [0.15, 0.2) is 30.5 Å². The van der Waals surface area contributed by atoms with Gasteiger partial charge in [-0.05, 0) is 37.5 Å². The summed E-state index contributed by atoms with van der Waals surface area (Å²) in [5.74, 6) is 1.16. The van der Waals surface area contributed by atoms with Crippen molar-refractivity contribution in [3.05, 3.63) is 36.0 Å². The third-order valence-corrected chi connectivity index (χ3v) is 3.26.